The summed E-state index contributed by atoms with van der Waals surface area (Å²) in [7, 11) is 0. The molecule has 3 heterocycles. The molecule has 0 aliphatic carbocycles. The van der Waals surface area contributed by atoms with Crippen LogP contribution in [0.1, 0.15) is 16.1 Å². The lowest BCUT2D eigenvalue weighted by molar-refractivity contribution is 0.0706. The van der Waals surface area contributed by atoms with Crippen molar-refractivity contribution in [2.24, 2.45) is 0 Å². The van der Waals surface area contributed by atoms with Crippen molar-refractivity contribution in [1.82, 2.24) is 14.7 Å². The van der Waals surface area contributed by atoms with E-state index in [-0.39, 0.29) is 5.91 Å². The number of amides is 1. The van der Waals surface area contributed by atoms with E-state index in [0.29, 0.717) is 6.54 Å². The zero-order chi connectivity index (χ0) is 11.0. The minimum atomic E-state index is 0.119. The molecule has 0 aromatic carbocycles. The monoisotopic (exact) mass is 233 g/mol. The fourth-order valence-electron chi connectivity index (χ4n) is 1.93. The Hall–Kier alpha value is -1.62. The molecular weight excluding hydrogens is 222 g/mol. The van der Waals surface area contributed by atoms with Crippen LogP contribution in [0.2, 0.25) is 0 Å². The van der Waals surface area contributed by atoms with Crippen LogP contribution in [-0.4, -0.2) is 27.1 Å². The van der Waals surface area contributed by atoms with Crippen molar-refractivity contribution in [1.29, 1.82) is 0 Å². The largest absolute Gasteiger partial charge is 0.331 e. The van der Waals surface area contributed by atoms with Crippen molar-refractivity contribution in [3.63, 3.8) is 0 Å². The number of hydrogen-bond acceptors (Lipinski definition) is 3. The molecule has 16 heavy (non-hydrogen) atoms. The number of hydrogen-bond donors (Lipinski definition) is 0. The van der Waals surface area contributed by atoms with Crippen LogP contribution in [0.25, 0.3) is 0 Å². The third kappa shape index (κ3) is 1.53. The van der Waals surface area contributed by atoms with Gasteiger partial charge in [-0.3, -0.25) is 9.48 Å². The Bertz CT molecular complexity index is 503. The first-order valence-corrected chi connectivity index (χ1v) is 6.11. The van der Waals surface area contributed by atoms with Crippen LogP contribution in [0.5, 0.6) is 0 Å². The summed E-state index contributed by atoms with van der Waals surface area (Å²) in [6, 6.07) is 3.84. The zero-order valence-corrected chi connectivity index (χ0v) is 9.48. The van der Waals surface area contributed by atoms with Crippen molar-refractivity contribution in [3.05, 3.63) is 40.3 Å². The first-order chi connectivity index (χ1) is 7.84. The van der Waals surface area contributed by atoms with Crippen molar-refractivity contribution in [2.45, 2.75) is 13.1 Å². The lowest BCUT2D eigenvalue weighted by Crippen LogP contribution is -2.38. The molecular formula is C11H11N3OS. The number of carbonyl (C=O) groups excluding carboxylic acids is 1. The lowest BCUT2D eigenvalue weighted by atomic mass is 10.2. The van der Waals surface area contributed by atoms with E-state index in [1.165, 1.54) is 0 Å². The number of aromatic nitrogens is 2. The molecule has 0 atom stereocenters. The second-order valence-corrected chi connectivity index (χ2v) is 4.56. The van der Waals surface area contributed by atoms with Crippen LogP contribution in [0.3, 0.4) is 0 Å². The van der Waals surface area contributed by atoms with E-state index in [1.807, 2.05) is 32.5 Å². The van der Waals surface area contributed by atoms with Gasteiger partial charge >= 0.3 is 0 Å². The van der Waals surface area contributed by atoms with Gasteiger partial charge in [-0.25, -0.2) is 0 Å². The summed E-state index contributed by atoms with van der Waals surface area (Å²) in [4.78, 5) is 14.0. The molecule has 0 saturated carbocycles. The minimum absolute atomic E-state index is 0.119. The molecule has 4 nitrogen and oxygen atoms in total. The van der Waals surface area contributed by atoms with Crippen LogP contribution in [0.4, 0.5) is 0 Å². The maximum atomic E-state index is 12.1. The average Bonchev–Trinajstić information content (AvgIpc) is 2.98. The maximum absolute atomic E-state index is 12.1. The molecule has 0 bridgehead atoms. The van der Waals surface area contributed by atoms with E-state index in [1.54, 1.807) is 17.5 Å². The van der Waals surface area contributed by atoms with Gasteiger partial charge in [0.1, 0.15) is 0 Å². The quantitative estimate of drug-likeness (QED) is 0.750. The number of thiophene rings is 1. The van der Waals surface area contributed by atoms with E-state index in [0.717, 1.165) is 24.3 Å². The Kier molecular flexibility index (Phi) is 2.25. The van der Waals surface area contributed by atoms with Crippen molar-refractivity contribution in [2.75, 3.05) is 6.54 Å². The van der Waals surface area contributed by atoms with Gasteiger partial charge < -0.3 is 4.90 Å². The molecule has 1 amide bonds. The summed E-state index contributed by atoms with van der Waals surface area (Å²) in [6.07, 6.45) is 1.79. The summed E-state index contributed by atoms with van der Waals surface area (Å²) in [5.41, 5.74) is 1.90. The summed E-state index contributed by atoms with van der Waals surface area (Å²) < 4.78 is 1.96. The van der Waals surface area contributed by atoms with E-state index >= 15 is 0 Å². The zero-order valence-electron chi connectivity index (χ0n) is 8.67. The van der Waals surface area contributed by atoms with E-state index < -0.39 is 0 Å². The molecule has 0 unspecified atom stereocenters. The minimum Gasteiger partial charge on any atom is -0.331 e. The van der Waals surface area contributed by atoms with Gasteiger partial charge in [-0.1, -0.05) is 0 Å². The molecule has 3 rings (SSSR count). The Balaban J connectivity index is 1.81. The third-order valence-electron chi connectivity index (χ3n) is 2.79. The summed E-state index contributed by atoms with van der Waals surface area (Å²) >= 11 is 1.55. The van der Waals surface area contributed by atoms with E-state index in [9.17, 15) is 4.79 Å². The average molecular weight is 233 g/mol. The van der Waals surface area contributed by atoms with Crippen LogP contribution in [0, 0.1) is 0 Å². The van der Waals surface area contributed by atoms with Gasteiger partial charge in [-0.15, -0.1) is 0 Å². The molecule has 2 aromatic rings. The summed E-state index contributed by atoms with van der Waals surface area (Å²) in [6.45, 7) is 2.19. The fourth-order valence-corrected chi connectivity index (χ4v) is 2.56. The molecule has 0 saturated heterocycles. The highest BCUT2D eigenvalue weighted by molar-refractivity contribution is 7.08. The first kappa shape index (κ1) is 9.59. The van der Waals surface area contributed by atoms with Gasteiger partial charge in [-0.2, -0.15) is 16.4 Å². The maximum Gasteiger partial charge on any atom is 0.255 e. The Labute approximate surface area is 97.1 Å². The van der Waals surface area contributed by atoms with Gasteiger partial charge in [0.2, 0.25) is 0 Å². The standard InChI is InChI=1S/C11H11N3OS/c15-11(9-2-6-16-8-9)13-4-5-14-10(7-13)1-3-12-14/h1-3,6,8H,4-5,7H2. The van der Waals surface area contributed by atoms with Gasteiger partial charge in [0, 0.05) is 18.1 Å². The molecule has 0 radical (unpaired) electrons. The first-order valence-electron chi connectivity index (χ1n) is 5.17. The van der Waals surface area contributed by atoms with Crippen molar-refractivity contribution >= 4 is 17.2 Å². The van der Waals surface area contributed by atoms with Gasteiger partial charge in [0.15, 0.2) is 0 Å². The van der Waals surface area contributed by atoms with E-state index in [2.05, 4.69) is 5.10 Å². The smallest absolute Gasteiger partial charge is 0.255 e. The second-order valence-electron chi connectivity index (χ2n) is 3.78. The molecule has 0 fully saturated rings. The van der Waals surface area contributed by atoms with Crippen LogP contribution >= 0.6 is 11.3 Å². The number of fused-ring (bicyclic) bond motifs is 1. The van der Waals surface area contributed by atoms with Crippen molar-refractivity contribution < 1.29 is 4.79 Å². The summed E-state index contributed by atoms with van der Waals surface area (Å²) in [5, 5.41) is 8.02. The Morgan fingerprint density at radius 1 is 1.38 bits per heavy atom. The molecule has 5 heteroatoms. The predicted octanol–water partition coefficient (Wildman–Crippen LogP) is 1.60. The summed E-state index contributed by atoms with van der Waals surface area (Å²) in [5.74, 6) is 0.119. The third-order valence-corrected chi connectivity index (χ3v) is 3.48. The highest BCUT2D eigenvalue weighted by atomic mass is 32.1. The number of rotatable bonds is 1. The Morgan fingerprint density at radius 3 is 3.12 bits per heavy atom. The number of carbonyl (C=O) groups is 1. The molecule has 0 N–H and O–H groups in total. The highest BCUT2D eigenvalue weighted by Crippen LogP contribution is 2.15. The fraction of sp³-hybridized carbons (Fsp3) is 0.273. The molecule has 82 valence electrons. The van der Waals surface area contributed by atoms with Crippen LogP contribution in [-0.2, 0) is 13.1 Å². The SMILES string of the molecule is O=C(c1ccsc1)N1CCn2nccc2C1. The van der Waals surface area contributed by atoms with Gasteiger partial charge in [-0.05, 0) is 17.5 Å². The van der Waals surface area contributed by atoms with Crippen LogP contribution in [0.15, 0.2) is 29.1 Å². The highest BCUT2D eigenvalue weighted by Gasteiger charge is 2.21. The molecule has 0 spiro atoms. The van der Waals surface area contributed by atoms with Crippen molar-refractivity contribution in [3.8, 4) is 0 Å². The predicted molar refractivity (Wildman–Crippen MR) is 61.3 cm³/mol. The molecule has 1 aliphatic heterocycles. The number of nitrogens with zero attached hydrogens (tertiary/aromatic N) is 3. The second kappa shape index (κ2) is 3.75. The normalized spacial score (nSPS) is 14.9. The molecule has 1 aliphatic rings. The topological polar surface area (TPSA) is 38.1 Å². The molecule has 2 aromatic heterocycles. The van der Waals surface area contributed by atoms with Gasteiger partial charge in [0.05, 0.1) is 24.3 Å². The lowest BCUT2D eigenvalue weighted by Gasteiger charge is -2.27. The van der Waals surface area contributed by atoms with E-state index in [4.69, 9.17) is 0 Å². The van der Waals surface area contributed by atoms with Gasteiger partial charge in [0.25, 0.3) is 5.91 Å². The van der Waals surface area contributed by atoms with Crippen LogP contribution < -0.4 is 0 Å². The Morgan fingerprint density at radius 2 is 2.31 bits per heavy atom.